The molecule has 5 heteroatoms. The molecule has 4 N–H and O–H groups in total. The highest BCUT2D eigenvalue weighted by Gasteiger charge is 2.33. The maximum atomic E-state index is 11.6. The van der Waals surface area contributed by atoms with Gasteiger partial charge in [-0.15, -0.1) is 0 Å². The van der Waals surface area contributed by atoms with Crippen molar-refractivity contribution in [2.75, 3.05) is 0 Å². The smallest absolute Gasteiger partial charge is 0.326 e. The Kier molecular flexibility index (Phi) is 5.44. The first kappa shape index (κ1) is 14.9. The third kappa shape index (κ3) is 4.61. The lowest BCUT2D eigenvalue weighted by atomic mass is 9.86. The number of aliphatic carboxylic acids is 1. The van der Waals surface area contributed by atoms with Crippen molar-refractivity contribution in [2.45, 2.75) is 52.6 Å². The molecule has 0 aromatic heterocycles. The molecular weight excluding hydrogens is 208 g/mol. The second-order valence-electron chi connectivity index (χ2n) is 5.04. The van der Waals surface area contributed by atoms with E-state index in [0.29, 0.717) is 6.42 Å². The van der Waals surface area contributed by atoms with E-state index < -0.39 is 29.4 Å². The topological polar surface area (TPSA) is 92.4 Å². The summed E-state index contributed by atoms with van der Waals surface area (Å²) in [7, 11) is 0. The Bertz CT molecular complexity index is 258. The molecule has 0 spiro atoms. The number of rotatable bonds is 5. The molecule has 0 fully saturated rings. The van der Waals surface area contributed by atoms with Gasteiger partial charge in [-0.25, -0.2) is 4.79 Å². The number of hydrogen-bond acceptors (Lipinski definition) is 3. The minimum atomic E-state index is -1.04. The number of nitrogens with two attached hydrogens (primary N) is 1. The van der Waals surface area contributed by atoms with Gasteiger partial charge in [0.1, 0.15) is 6.04 Å². The van der Waals surface area contributed by atoms with Gasteiger partial charge in [0, 0.05) is 0 Å². The lowest BCUT2D eigenvalue weighted by molar-refractivity contribution is -0.145. The zero-order valence-electron chi connectivity index (χ0n) is 10.4. The molecule has 1 unspecified atom stereocenters. The van der Waals surface area contributed by atoms with Gasteiger partial charge in [0.05, 0.1) is 6.04 Å². The monoisotopic (exact) mass is 230 g/mol. The summed E-state index contributed by atoms with van der Waals surface area (Å²) >= 11 is 0. The number of carbonyl (C=O) groups excluding carboxylic acids is 1. The van der Waals surface area contributed by atoms with Gasteiger partial charge in [-0.2, -0.15) is 0 Å². The predicted octanol–water partition coefficient (Wildman–Crippen LogP) is 0.729. The minimum Gasteiger partial charge on any atom is -0.480 e. The molecule has 0 aromatic carbocycles. The van der Waals surface area contributed by atoms with E-state index in [9.17, 15) is 9.59 Å². The van der Waals surface area contributed by atoms with Crippen molar-refractivity contribution in [3.8, 4) is 0 Å². The van der Waals surface area contributed by atoms with Crippen LogP contribution >= 0.6 is 0 Å². The average molecular weight is 230 g/mol. The van der Waals surface area contributed by atoms with E-state index in [2.05, 4.69) is 5.32 Å². The highest BCUT2D eigenvalue weighted by atomic mass is 16.4. The van der Waals surface area contributed by atoms with Crippen LogP contribution in [0.4, 0.5) is 0 Å². The van der Waals surface area contributed by atoms with Crippen LogP contribution in [-0.2, 0) is 9.59 Å². The van der Waals surface area contributed by atoms with Crippen LogP contribution in [0.15, 0.2) is 0 Å². The molecule has 16 heavy (non-hydrogen) atoms. The number of carboxylic acid groups (broad SMARTS) is 1. The molecule has 0 aliphatic rings. The first-order valence-electron chi connectivity index (χ1n) is 5.49. The number of hydrogen-bond donors (Lipinski definition) is 3. The summed E-state index contributed by atoms with van der Waals surface area (Å²) in [6.07, 6.45) is 1.35. The van der Waals surface area contributed by atoms with E-state index >= 15 is 0 Å². The molecule has 0 aliphatic heterocycles. The molecule has 0 bridgehead atoms. The maximum Gasteiger partial charge on any atom is 0.326 e. The molecule has 0 radical (unpaired) electrons. The Labute approximate surface area is 96.4 Å². The second kappa shape index (κ2) is 5.84. The van der Waals surface area contributed by atoms with Crippen molar-refractivity contribution in [1.29, 1.82) is 0 Å². The van der Waals surface area contributed by atoms with Crippen LogP contribution in [0.25, 0.3) is 0 Å². The highest BCUT2D eigenvalue weighted by molar-refractivity contribution is 5.87. The fourth-order valence-electron chi connectivity index (χ4n) is 1.34. The van der Waals surface area contributed by atoms with Crippen LogP contribution in [0.2, 0.25) is 0 Å². The zero-order valence-corrected chi connectivity index (χ0v) is 10.4. The van der Waals surface area contributed by atoms with Gasteiger partial charge in [0.2, 0.25) is 5.91 Å². The first-order chi connectivity index (χ1) is 7.20. The summed E-state index contributed by atoms with van der Waals surface area (Å²) in [4.78, 5) is 22.6. The molecule has 0 saturated carbocycles. The van der Waals surface area contributed by atoms with Gasteiger partial charge in [0.15, 0.2) is 0 Å². The number of nitrogens with one attached hydrogen (secondary N) is 1. The normalized spacial score (nSPS) is 15.3. The van der Waals surface area contributed by atoms with Gasteiger partial charge in [0.25, 0.3) is 0 Å². The largest absolute Gasteiger partial charge is 0.480 e. The predicted molar refractivity (Wildman–Crippen MR) is 61.9 cm³/mol. The molecule has 0 heterocycles. The van der Waals surface area contributed by atoms with Gasteiger partial charge >= 0.3 is 5.97 Å². The number of carboxylic acids is 1. The van der Waals surface area contributed by atoms with Crippen molar-refractivity contribution in [3.63, 3.8) is 0 Å². The minimum absolute atomic E-state index is 0.399. The summed E-state index contributed by atoms with van der Waals surface area (Å²) < 4.78 is 0. The second-order valence-corrected chi connectivity index (χ2v) is 5.04. The van der Waals surface area contributed by atoms with Crippen molar-refractivity contribution < 1.29 is 14.7 Å². The quantitative estimate of drug-likeness (QED) is 0.649. The van der Waals surface area contributed by atoms with E-state index in [4.69, 9.17) is 10.8 Å². The SMILES string of the molecule is CCCC(N)C(=O)N[C@H](C(=O)O)C(C)(C)C. The van der Waals surface area contributed by atoms with E-state index in [1.807, 2.05) is 6.92 Å². The van der Waals surface area contributed by atoms with Crippen molar-refractivity contribution in [3.05, 3.63) is 0 Å². The lowest BCUT2D eigenvalue weighted by Crippen LogP contribution is -2.53. The Morgan fingerprint density at radius 3 is 2.19 bits per heavy atom. The molecule has 0 aliphatic carbocycles. The van der Waals surface area contributed by atoms with Gasteiger partial charge in [-0.05, 0) is 11.8 Å². The average Bonchev–Trinajstić information content (AvgIpc) is 2.11. The van der Waals surface area contributed by atoms with Gasteiger partial charge < -0.3 is 16.2 Å². The van der Waals surface area contributed by atoms with E-state index in [1.165, 1.54) is 0 Å². The summed E-state index contributed by atoms with van der Waals surface area (Å²) in [6, 6.07) is -1.54. The van der Waals surface area contributed by atoms with Crippen LogP contribution in [0.3, 0.4) is 0 Å². The third-order valence-electron chi connectivity index (χ3n) is 2.34. The van der Waals surface area contributed by atoms with Crippen LogP contribution in [-0.4, -0.2) is 29.1 Å². The summed E-state index contributed by atoms with van der Waals surface area (Å²) in [6.45, 7) is 7.21. The Balaban J connectivity index is 4.54. The molecule has 1 amide bonds. The zero-order chi connectivity index (χ0) is 12.9. The molecular formula is C11H22N2O3. The van der Waals surface area contributed by atoms with E-state index in [1.54, 1.807) is 20.8 Å². The maximum absolute atomic E-state index is 11.6. The highest BCUT2D eigenvalue weighted by Crippen LogP contribution is 2.19. The molecule has 0 rings (SSSR count). The molecule has 94 valence electrons. The molecule has 0 aromatic rings. The fourth-order valence-corrected chi connectivity index (χ4v) is 1.34. The van der Waals surface area contributed by atoms with Gasteiger partial charge in [-0.1, -0.05) is 34.1 Å². The standard InChI is InChI=1S/C11H22N2O3/c1-5-6-7(12)9(14)13-8(10(15)16)11(2,3)4/h7-8H,5-6,12H2,1-4H3,(H,13,14)(H,15,16)/t7?,8-/m1/s1. The van der Waals surface area contributed by atoms with Crippen LogP contribution in [0.5, 0.6) is 0 Å². The molecule has 5 nitrogen and oxygen atoms in total. The fraction of sp³-hybridized carbons (Fsp3) is 0.818. The van der Waals surface area contributed by atoms with Crippen molar-refractivity contribution >= 4 is 11.9 Å². The van der Waals surface area contributed by atoms with Crippen LogP contribution in [0, 0.1) is 5.41 Å². The van der Waals surface area contributed by atoms with E-state index in [0.717, 1.165) is 6.42 Å². The molecule has 2 atom stereocenters. The number of amides is 1. The van der Waals surface area contributed by atoms with Crippen LogP contribution in [0.1, 0.15) is 40.5 Å². The van der Waals surface area contributed by atoms with Crippen molar-refractivity contribution in [1.82, 2.24) is 5.32 Å². The summed E-state index contributed by atoms with van der Waals surface area (Å²) in [5, 5.41) is 11.5. The Morgan fingerprint density at radius 1 is 1.38 bits per heavy atom. The Morgan fingerprint density at radius 2 is 1.88 bits per heavy atom. The Hall–Kier alpha value is -1.10. The molecule has 0 saturated heterocycles. The third-order valence-corrected chi connectivity index (χ3v) is 2.34. The summed E-state index contributed by atoms with van der Waals surface area (Å²) in [5.41, 5.74) is 5.08. The van der Waals surface area contributed by atoms with Crippen molar-refractivity contribution in [2.24, 2.45) is 11.1 Å². The van der Waals surface area contributed by atoms with E-state index in [-0.39, 0.29) is 0 Å². The lowest BCUT2D eigenvalue weighted by Gasteiger charge is -2.28. The number of carbonyl (C=O) groups is 2. The van der Waals surface area contributed by atoms with Gasteiger partial charge in [-0.3, -0.25) is 4.79 Å². The van der Waals surface area contributed by atoms with Crippen LogP contribution < -0.4 is 11.1 Å². The summed E-state index contributed by atoms with van der Waals surface area (Å²) in [5.74, 6) is -1.44. The first-order valence-corrected chi connectivity index (χ1v) is 5.49.